The molecule has 1 aliphatic heterocycles. The SMILES string of the molecule is CC[C@H](Cn1ccnc1)NC(=O)C1CCN(C(=O)Cc2ccccc2)CC1. The van der Waals surface area contributed by atoms with Crippen molar-refractivity contribution in [3.8, 4) is 0 Å². The lowest BCUT2D eigenvalue weighted by Crippen LogP contribution is -2.46. The molecule has 0 radical (unpaired) electrons. The van der Waals surface area contributed by atoms with Crippen LogP contribution in [0, 0.1) is 5.92 Å². The number of hydrogen-bond acceptors (Lipinski definition) is 3. The maximum atomic E-state index is 12.6. The zero-order valence-corrected chi connectivity index (χ0v) is 15.9. The van der Waals surface area contributed by atoms with Crippen molar-refractivity contribution in [1.82, 2.24) is 19.8 Å². The molecule has 2 heterocycles. The number of piperidine rings is 1. The van der Waals surface area contributed by atoms with Crippen molar-refractivity contribution in [1.29, 1.82) is 0 Å². The second-order valence-electron chi connectivity index (χ2n) is 7.19. The van der Waals surface area contributed by atoms with Gasteiger partial charge in [0.25, 0.3) is 0 Å². The first kappa shape index (κ1) is 19.1. The van der Waals surface area contributed by atoms with Crippen LogP contribution in [-0.4, -0.2) is 45.4 Å². The zero-order valence-electron chi connectivity index (χ0n) is 15.9. The van der Waals surface area contributed by atoms with Crippen molar-refractivity contribution in [2.75, 3.05) is 13.1 Å². The van der Waals surface area contributed by atoms with E-state index >= 15 is 0 Å². The van der Waals surface area contributed by atoms with Gasteiger partial charge in [-0.1, -0.05) is 37.3 Å². The molecule has 0 unspecified atom stereocenters. The summed E-state index contributed by atoms with van der Waals surface area (Å²) in [5, 5.41) is 3.17. The molecule has 1 fully saturated rings. The third-order valence-electron chi connectivity index (χ3n) is 5.25. The van der Waals surface area contributed by atoms with Gasteiger partial charge in [-0.15, -0.1) is 0 Å². The quantitative estimate of drug-likeness (QED) is 0.815. The Hall–Kier alpha value is -2.63. The van der Waals surface area contributed by atoms with Crippen molar-refractivity contribution in [2.24, 2.45) is 5.92 Å². The smallest absolute Gasteiger partial charge is 0.226 e. The fourth-order valence-electron chi connectivity index (χ4n) is 3.52. The maximum absolute atomic E-state index is 12.6. The molecule has 1 N–H and O–H groups in total. The lowest BCUT2D eigenvalue weighted by Gasteiger charge is -2.32. The van der Waals surface area contributed by atoms with E-state index in [1.807, 2.05) is 46.0 Å². The van der Waals surface area contributed by atoms with Crippen LogP contribution in [0.2, 0.25) is 0 Å². The number of benzene rings is 1. The Kier molecular flexibility index (Phi) is 6.63. The Morgan fingerprint density at radius 3 is 2.59 bits per heavy atom. The number of nitrogens with one attached hydrogen (secondary N) is 1. The van der Waals surface area contributed by atoms with Crippen molar-refractivity contribution < 1.29 is 9.59 Å². The lowest BCUT2D eigenvalue weighted by molar-refractivity contribution is -0.135. The summed E-state index contributed by atoms with van der Waals surface area (Å²) in [5.74, 6) is 0.242. The van der Waals surface area contributed by atoms with Crippen molar-refractivity contribution in [2.45, 2.75) is 45.2 Å². The van der Waals surface area contributed by atoms with E-state index in [1.165, 1.54) is 0 Å². The first-order valence-electron chi connectivity index (χ1n) is 9.73. The average Bonchev–Trinajstić information content (AvgIpc) is 3.21. The van der Waals surface area contributed by atoms with Crippen LogP contribution in [0.25, 0.3) is 0 Å². The predicted octanol–water partition coefficient (Wildman–Crippen LogP) is 2.26. The molecule has 0 bridgehead atoms. The van der Waals surface area contributed by atoms with Crippen LogP contribution in [0.5, 0.6) is 0 Å². The summed E-state index contributed by atoms with van der Waals surface area (Å²) in [5.41, 5.74) is 1.03. The second kappa shape index (κ2) is 9.35. The van der Waals surface area contributed by atoms with Crippen LogP contribution in [0.1, 0.15) is 31.7 Å². The summed E-state index contributed by atoms with van der Waals surface area (Å²) in [4.78, 5) is 31.0. The van der Waals surface area contributed by atoms with Gasteiger partial charge in [0.2, 0.25) is 11.8 Å². The first-order chi connectivity index (χ1) is 13.2. The van der Waals surface area contributed by atoms with Crippen molar-refractivity contribution >= 4 is 11.8 Å². The number of amides is 2. The molecular formula is C21H28N4O2. The van der Waals surface area contributed by atoms with Gasteiger partial charge in [0.1, 0.15) is 0 Å². The largest absolute Gasteiger partial charge is 0.351 e. The Morgan fingerprint density at radius 1 is 1.22 bits per heavy atom. The van der Waals surface area contributed by atoms with Crippen molar-refractivity contribution in [3.63, 3.8) is 0 Å². The molecule has 6 heteroatoms. The standard InChI is InChI=1S/C21H28N4O2/c1-2-19(15-24-13-10-22-16-24)23-21(27)18-8-11-25(12-9-18)20(26)14-17-6-4-3-5-7-17/h3-7,10,13,16,18-19H,2,8-9,11-12,14-15H2,1H3,(H,23,27)/t19-/m1/s1. The monoisotopic (exact) mass is 368 g/mol. The number of rotatable bonds is 7. The number of hydrogen-bond donors (Lipinski definition) is 1. The van der Waals surface area contributed by atoms with E-state index in [0.29, 0.717) is 19.5 Å². The van der Waals surface area contributed by atoms with Gasteiger partial charge >= 0.3 is 0 Å². The highest BCUT2D eigenvalue weighted by atomic mass is 16.2. The molecule has 2 aromatic rings. The third kappa shape index (κ3) is 5.42. The molecule has 1 atom stereocenters. The van der Waals surface area contributed by atoms with Crippen LogP contribution in [-0.2, 0) is 22.6 Å². The number of carbonyl (C=O) groups excluding carboxylic acids is 2. The van der Waals surface area contributed by atoms with E-state index in [1.54, 1.807) is 12.5 Å². The molecule has 1 aromatic heterocycles. The van der Waals surface area contributed by atoms with Crippen LogP contribution >= 0.6 is 0 Å². The maximum Gasteiger partial charge on any atom is 0.226 e. The third-order valence-corrected chi connectivity index (χ3v) is 5.25. The molecule has 2 amide bonds. The highest BCUT2D eigenvalue weighted by molar-refractivity contribution is 5.81. The van der Waals surface area contributed by atoms with Crippen LogP contribution in [0.4, 0.5) is 0 Å². The van der Waals surface area contributed by atoms with E-state index in [2.05, 4.69) is 17.2 Å². The van der Waals surface area contributed by atoms with Gasteiger partial charge in [-0.3, -0.25) is 9.59 Å². The fraction of sp³-hybridized carbons (Fsp3) is 0.476. The fourth-order valence-corrected chi connectivity index (χ4v) is 3.52. The Labute approximate surface area is 160 Å². The molecule has 0 saturated carbocycles. The molecule has 144 valence electrons. The molecule has 0 aliphatic carbocycles. The number of likely N-dealkylation sites (tertiary alicyclic amines) is 1. The van der Waals surface area contributed by atoms with Crippen LogP contribution < -0.4 is 5.32 Å². The van der Waals surface area contributed by atoms with E-state index in [0.717, 1.165) is 31.4 Å². The van der Waals surface area contributed by atoms with Crippen LogP contribution in [0.3, 0.4) is 0 Å². The van der Waals surface area contributed by atoms with E-state index in [4.69, 9.17) is 0 Å². The Bertz CT molecular complexity index is 722. The molecule has 27 heavy (non-hydrogen) atoms. The summed E-state index contributed by atoms with van der Waals surface area (Å²) in [6.45, 7) is 4.12. The van der Waals surface area contributed by atoms with Gasteiger partial charge in [-0.05, 0) is 24.8 Å². The topological polar surface area (TPSA) is 67.2 Å². The Morgan fingerprint density at radius 2 is 1.96 bits per heavy atom. The van der Waals surface area contributed by atoms with Crippen molar-refractivity contribution in [3.05, 3.63) is 54.6 Å². The number of nitrogens with zero attached hydrogens (tertiary/aromatic N) is 3. The van der Waals surface area contributed by atoms with Gasteiger partial charge in [-0.2, -0.15) is 0 Å². The second-order valence-corrected chi connectivity index (χ2v) is 7.19. The average molecular weight is 368 g/mol. The lowest BCUT2D eigenvalue weighted by atomic mass is 9.95. The number of carbonyl (C=O) groups is 2. The van der Waals surface area contributed by atoms with Crippen LogP contribution in [0.15, 0.2) is 49.1 Å². The van der Waals surface area contributed by atoms with Gasteiger partial charge in [0.15, 0.2) is 0 Å². The molecule has 1 saturated heterocycles. The normalized spacial score (nSPS) is 16.1. The summed E-state index contributed by atoms with van der Waals surface area (Å²) >= 11 is 0. The van der Waals surface area contributed by atoms with Gasteiger partial charge in [0, 0.05) is 44.0 Å². The summed E-state index contributed by atoms with van der Waals surface area (Å²) in [6, 6.07) is 9.91. The van der Waals surface area contributed by atoms with Gasteiger partial charge in [-0.25, -0.2) is 4.98 Å². The highest BCUT2D eigenvalue weighted by Gasteiger charge is 2.28. The molecule has 3 rings (SSSR count). The predicted molar refractivity (Wildman–Crippen MR) is 104 cm³/mol. The van der Waals surface area contributed by atoms with E-state index in [9.17, 15) is 9.59 Å². The summed E-state index contributed by atoms with van der Waals surface area (Å²) in [6.07, 6.45) is 8.19. The summed E-state index contributed by atoms with van der Waals surface area (Å²) < 4.78 is 1.99. The molecular weight excluding hydrogens is 340 g/mol. The minimum atomic E-state index is -0.0115. The van der Waals surface area contributed by atoms with Gasteiger partial charge < -0.3 is 14.8 Å². The first-order valence-corrected chi connectivity index (χ1v) is 9.73. The number of imidazole rings is 1. The molecule has 1 aromatic carbocycles. The minimum Gasteiger partial charge on any atom is -0.351 e. The van der Waals surface area contributed by atoms with E-state index < -0.39 is 0 Å². The van der Waals surface area contributed by atoms with Gasteiger partial charge in [0.05, 0.1) is 12.7 Å². The number of aromatic nitrogens is 2. The molecule has 1 aliphatic rings. The highest BCUT2D eigenvalue weighted by Crippen LogP contribution is 2.19. The zero-order chi connectivity index (χ0) is 19.1. The summed E-state index contributed by atoms with van der Waals surface area (Å²) in [7, 11) is 0. The Balaban J connectivity index is 1.45. The molecule has 6 nitrogen and oxygen atoms in total. The molecule has 0 spiro atoms. The minimum absolute atomic E-state index is 0.0115. The van der Waals surface area contributed by atoms with E-state index in [-0.39, 0.29) is 23.8 Å².